The number of rotatable bonds is 6. The summed E-state index contributed by atoms with van der Waals surface area (Å²) < 4.78 is 6.15. The van der Waals surface area contributed by atoms with Crippen LogP contribution >= 0.6 is 15.9 Å². The molecule has 0 aliphatic carbocycles. The molecule has 3 rings (SSSR count). The number of hydrazone groups is 1. The lowest BCUT2D eigenvalue weighted by molar-refractivity contribution is 0.0694. The molecule has 0 unspecified atom stereocenters. The van der Waals surface area contributed by atoms with E-state index in [9.17, 15) is 9.59 Å². The largest absolute Gasteiger partial charge is 0.478 e. The number of carbonyl (C=O) groups is 2. The SMILES string of the molecule is O=C(O)c1ccc(N/N=C/c2ccc(OC(=O)c3cccc(Br)c3)cc2)cc1. The van der Waals surface area contributed by atoms with Crippen LogP contribution in [0.25, 0.3) is 0 Å². The minimum Gasteiger partial charge on any atom is -0.478 e. The molecular weight excluding hydrogens is 424 g/mol. The van der Waals surface area contributed by atoms with Crippen LogP contribution in [0.1, 0.15) is 26.3 Å². The van der Waals surface area contributed by atoms with Gasteiger partial charge in [0.1, 0.15) is 5.75 Å². The predicted molar refractivity (Wildman–Crippen MR) is 110 cm³/mol. The zero-order valence-electron chi connectivity index (χ0n) is 14.5. The maximum atomic E-state index is 12.1. The summed E-state index contributed by atoms with van der Waals surface area (Å²) in [6.45, 7) is 0. The fraction of sp³-hybridized carbons (Fsp3) is 0. The summed E-state index contributed by atoms with van der Waals surface area (Å²) in [7, 11) is 0. The summed E-state index contributed by atoms with van der Waals surface area (Å²) in [5.41, 5.74) is 4.96. The molecule has 0 spiro atoms. The Bertz CT molecular complexity index is 1020. The lowest BCUT2D eigenvalue weighted by atomic mass is 10.2. The number of carboxylic acid groups (broad SMARTS) is 1. The molecule has 7 heteroatoms. The molecule has 6 nitrogen and oxygen atoms in total. The number of anilines is 1. The molecule has 28 heavy (non-hydrogen) atoms. The van der Waals surface area contributed by atoms with Crippen LogP contribution < -0.4 is 10.2 Å². The van der Waals surface area contributed by atoms with Crippen LogP contribution in [-0.2, 0) is 0 Å². The highest BCUT2D eigenvalue weighted by Crippen LogP contribution is 2.16. The van der Waals surface area contributed by atoms with Crippen molar-refractivity contribution in [1.82, 2.24) is 0 Å². The second-order valence-corrected chi connectivity index (χ2v) is 6.64. The third-order valence-electron chi connectivity index (χ3n) is 3.69. The van der Waals surface area contributed by atoms with Crippen molar-refractivity contribution >= 4 is 39.8 Å². The summed E-state index contributed by atoms with van der Waals surface area (Å²) in [6.07, 6.45) is 1.60. The zero-order valence-corrected chi connectivity index (χ0v) is 16.1. The average Bonchev–Trinajstić information content (AvgIpc) is 2.69. The van der Waals surface area contributed by atoms with Crippen LogP contribution in [-0.4, -0.2) is 23.3 Å². The molecule has 0 heterocycles. The number of hydrogen-bond acceptors (Lipinski definition) is 5. The molecular formula is C21H15BrN2O4. The Hall–Kier alpha value is -3.45. The van der Waals surface area contributed by atoms with Crippen LogP contribution in [0, 0.1) is 0 Å². The van der Waals surface area contributed by atoms with Crippen molar-refractivity contribution in [2.45, 2.75) is 0 Å². The van der Waals surface area contributed by atoms with E-state index in [0.717, 1.165) is 10.0 Å². The van der Waals surface area contributed by atoms with Gasteiger partial charge < -0.3 is 9.84 Å². The van der Waals surface area contributed by atoms with Crippen LogP contribution in [0.4, 0.5) is 5.69 Å². The van der Waals surface area contributed by atoms with Gasteiger partial charge in [-0.3, -0.25) is 5.43 Å². The van der Waals surface area contributed by atoms with Gasteiger partial charge >= 0.3 is 11.9 Å². The monoisotopic (exact) mass is 438 g/mol. The standard InChI is InChI=1S/C21H15BrN2O4/c22-17-3-1-2-16(12-17)21(27)28-19-10-4-14(5-11-19)13-23-24-18-8-6-15(7-9-18)20(25)26/h1-13,24H,(H,25,26)/b23-13+. The van der Waals surface area contributed by atoms with E-state index in [1.165, 1.54) is 12.1 Å². The number of benzene rings is 3. The van der Waals surface area contributed by atoms with E-state index >= 15 is 0 Å². The van der Waals surface area contributed by atoms with Gasteiger partial charge in [0.05, 0.1) is 23.0 Å². The summed E-state index contributed by atoms with van der Waals surface area (Å²) in [5.74, 6) is -0.982. The molecule has 140 valence electrons. The Labute approximate surface area is 169 Å². The first-order valence-corrected chi connectivity index (χ1v) is 9.01. The van der Waals surface area contributed by atoms with Gasteiger partial charge in [-0.25, -0.2) is 9.59 Å². The fourth-order valence-electron chi connectivity index (χ4n) is 2.27. The molecule has 0 amide bonds. The van der Waals surface area contributed by atoms with Gasteiger partial charge in [0.2, 0.25) is 0 Å². The highest BCUT2D eigenvalue weighted by atomic mass is 79.9. The quantitative estimate of drug-likeness (QED) is 0.249. The second-order valence-electron chi connectivity index (χ2n) is 5.72. The number of carboxylic acids is 1. The summed E-state index contributed by atoms with van der Waals surface area (Å²) in [5, 5.41) is 13.0. The van der Waals surface area contributed by atoms with Crippen molar-refractivity contribution in [2.75, 3.05) is 5.43 Å². The minimum atomic E-state index is -0.976. The highest BCUT2D eigenvalue weighted by molar-refractivity contribution is 9.10. The Morgan fingerprint density at radius 2 is 1.68 bits per heavy atom. The number of halogens is 1. The molecule has 3 aromatic carbocycles. The number of nitrogens with zero attached hydrogens (tertiary/aromatic N) is 1. The van der Waals surface area contributed by atoms with E-state index in [2.05, 4.69) is 26.5 Å². The molecule has 2 N–H and O–H groups in total. The maximum absolute atomic E-state index is 12.1. The molecule has 0 saturated heterocycles. The van der Waals surface area contributed by atoms with Crippen molar-refractivity contribution in [1.29, 1.82) is 0 Å². The average molecular weight is 439 g/mol. The molecule has 0 aliphatic rings. The highest BCUT2D eigenvalue weighted by Gasteiger charge is 2.08. The summed E-state index contributed by atoms with van der Waals surface area (Å²) in [6, 6.07) is 20.1. The van der Waals surface area contributed by atoms with Gasteiger partial charge in [-0.15, -0.1) is 0 Å². The number of nitrogens with one attached hydrogen (secondary N) is 1. The lowest BCUT2D eigenvalue weighted by Crippen LogP contribution is -2.08. The molecule has 3 aromatic rings. The molecule has 0 aliphatic heterocycles. The first-order chi connectivity index (χ1) is 13.5. The zero-order chi connectivity index (χ0) is 19.9. The van der Waals surface area contributed by atoms with Crippen molar-refractivity contribution in [2.24, 2.45) is 5.10 Å². The molecule has 0 fully saturated rings. The second kappa shape index (κ2) is 8.96. The first kappa shape index (κ1) is 19.3. The van der Waals surface area contributed by atoms with Gasteiger partial charge in [-0.05, 0) is 72.3 Å². The molecule has 0 atom stereocenters. The molecule has 0 radical (unpaired) electrons. The molecule has 0 saturated carbocycles. The smallest absolute Gasteiger partial charge is 0.343 e. The van der Waals surface area contributed by atoms with Crippen molar-refractivity contribution in [3.63, 3.8) is 0 Å². The molecule has 0 aromatic heterocycles. The summed E-state index contributed by atoms with van der Waals surface area (Å²) in [4.78, 5) is 22.9. The van der Waals surface area contributed by atoms with Crippen LogP contribution in [0.5, 0.6) is 5.75 Å². The normalized spacial score (nSPS) is 10.6. The third kappa shape index (κ3) is 5.28. The van der Waals surface area contributed by atoms with Crippen LogP contribution in [0.3, 0.4) is 0 Å². The maximum Gasteiger partial charge on any atom is 0.343 e. The van der Waals surface area contributed by atoms with Gasteiger partial charge in [0.25, 0.3) is 0 Å². The summed E-state index contributed by atoms with van der Waals surface area (Å²) >= 11 is 3.32. The van der Waals surface area contributed by atoms with Gasteiger partial charge in [-0.2, -0.15) is 5.10 Å². The number of hydrogen-bond donors (Lipinski definition) is 2. The van der Waals surface area contributed by atoms with Crippen molar-refractivity contribution in [3.8, 4) is 5.75 Å². The van der Waals surface area contributed by atoms with Crippen molar-refractivity contribution < 1.29 is 19.4 Å². The fourth-order valence-corrected chi connectivity index (χ4v) is 2.67. The van der Waals surface area contributed by atoms with Gasteiger partial charge in [0.15, 0.2) is 0 Å². The van der Waals surface area contributed by atoms with Crippen LogP contribution in [0.2, 0.25) is 0 Å². The Balaban J connectivity index is 1.57. The Morgan fingerprint density at radius 1 is 0.964 bits per heavy atom. The van der Waals surface area contributed by atoms with E-state index in [0.29, 0.717) is 17.0 Å². The molecule has 0 bridgehead atoms. The number of esters is 1. The topological polar surface area (TPSA) is 88.0 Å². The number of aromatic carboxylic acids is 1. The Kier molecular flexibility index (Phi) is 6.18. The van der Waals surface area contributed by atoms with E-state index in [1.54, 1.807) is 60.8 Å². The van der Waals surface area contributed by atoms with Crippen LogP contribution in [0.15, 0.2) is 82.4 Å². The van der Waals surface area contributed by atoms with Gasteiger partial charge in [0, 0.05) is 4.47 Å². The lowest BCUT2D eigenvalue weighted by Gasteiger charge is -2.05. The van der Waals surface area contributed by atoms with E-state index < -0.39 is 11.9 Å². The number of carbonyl (C=O) groups excluding carboxylic acids is 1. The number of ether oxygens (including phenoxy) is 1. The van der Waals surface area contributed by atoms with Crippen molar-refractivity contribution in [3.05, 3.63) is 94.0 Å². The Morgan fingerprint density at radius 3 is 2.32 bits per heavy atom. The third-order valence-corrected chi connectivity index (χ3v) is 4.18. The van der Waals surface area contributed by atoms with E-state index in [4.69, 9.17) is 9.84 Å². The minimum absolute atomic E-state index is 0.211. The van der Waals surface area contributed by atoms with Gasteiger partial charge in [-0.1, -0.05) is 22.0 Å². The predicted octanol–water partition coefficient (Wildman–Crippen LogP) is 4.81. The van der Waals surface area contributed by atoms with E-state index in [1.807, 2.05) is 6.07 Å². The first-order valence-electron chi connectivity index (χ1n) is 8.21. The van der Waals surface area contributed by atoms with E-state index in [-0.39, 0.29) is 5.56 Å².